The van der Waals surface area contributed by atoms with Crippen molar-refractivity contribution in [3.63, 3.8) is 0 Å². The quantitative estimate of drug-likeness (QED) is 0.846. The molecule has 0 saturated carbocycles. The highest BCUT2D eigenvalue weighted by Gasteiger charge is 2.27. The van der Waals surface area contributed by atoms with Crippen molar-refractivity contribution < 1.29 is 27.5 Å². The molecule has 0 spiro atoms. The van der Waals surface area contributed by atoms with Crippen LogP contribution in [0.2, 0.25) is 0 Å². The number of amides is 1. The minimum Gasteiger partial charge on any atom is -0.483 e. The number of ether oxygens (including phenoxy) is 1. The van der Waals surface area contributed by atoms with Gasteiger partial charge in [-0.1, -0.05) is 6.07 Å². The number of carbonyl (C=O) groups is 2. The van der Waals surface area contributed by atoms with Crippen LogP contribution < -0.4 is 10.1 Å². The second kappa shape index (κ2) is 6.40. The highest BCUT2D eigenvalue weighted by atomic mass is 19.4. The molecule has 0 aliphatic heterocycles. The molecule has 0 saturated heterocycles. The van der Waals surface area contributed by atoms with Crippen LogP contribution in [0, 0.1) is 6.92 Å². The summed E-state index contributed by atoms with van der Waals surface area (Å²) in [5.74, 6) is -0.978. The predicted octanol–water partition coefficient (Wildman–Crippen LogP) is 2.25. The number of benzene rings is 1. The maximum absolute atomic E-state index is 11.9. The topological polar surface area (TPSA) is 55.4 Å². The predicted molar refractivity (Wildman–Crippen MR) is 65.7 cm³/mol. The van der Waals surface area contributed by atoms with Crippen molar-refractivity contribution in [2.45, 2.75) is 20.0 Å². The molecule has 0 aromatic heterocycles. The number of rotatable bonds is 5. The molecular weight excluding hydrogens is 275 g/mol. The molecule has 110 valence electrons. The van der Waals surface area contributed by atoms with E-state index in [2.05, 4.69) is 0 Å². The van der Waals surface area contributed by atoms with Gasteiger partial charge in [-0.15, -0.1) is 0 Å². The molecule has 0 unspecified atom stereocenters. The van der Waals surface area contributed by atoms with Crippen molar-refractivity contribution in [1.29, 1.82) is 0 Å². The third-order valence-electron chi connectivity index (χ3n) is 2.36. The van der Waals surface area contributed by atoms with Crippen molar-refractivity contribution >= 4 is 11.7 Å². The van der Waals surface area contributed by atoms with Crippen molar-refractivity contribution in [1.82, 2.24) is 5.32 Å². The first-order chi connectivity index (χ1) is 9.19. The Morgan fingerprint density at radius 1 is 1.30 bits per heavy atom. The molecule has 20 heavy (non-hydrogen) atoms. The Morgan fingerprint density at radius 2 is 1.95 bits per heavy atom. The minimum absolute atomic E-state index is 0.180. The summed E-state index contributed by atoms with van der Waals surface area (Å²) in [6, 6.07) is 4.79. The van der Waals surface area contributed by atoms with Gasteiger partial charge in [0.15, 0.2) is 12.4 Å². The third-order valence-corrected chi connectivity index (χ3v) is 2.36. The summed E-state index contributed by atoms with van der Waals surface area (Å²) in [7, 11) is 0. The number of nitrogens with one attached hydrogen (secondary N) is 1. The lowest BCUT2D eigenvalue weighted by atomic mass is 10.1. The summed E-state index contributed by atoms with van der Waals surface area (Å²) in [6.07, 6.45) is -4.47. The number of aryl methyl sites for hydroxylation is 1. The second-order valence-electron chi connectivity index (χ2n) is 4.24. The van der Waals surface area contributed by atoms with Gasteiger partial charge in [0.1, 0.15) is 12.3 Å². The summed E-state index contributed by atoms with van der Waals surface area (Å²) in [5.41, 5.74) is 1.08. The molecule has 1 N–H and O–H groups in total. The number of Topliss-reactive ketones (excluding diaryl/α,β-unsaturated/α-hetero) is 1. The lowest BCUT2D eigenvalue weighted by molar-refractivity contribution is -0.139. The standard InChI is InChI=1S/C13H14F3NO3/c1-8-3-4-10(9(2)18)11(5-8)20-6-12(19)17-7-13(14,15)16/h3-5H,6-7H2,1-2H3,(H,17,19). The van der Waals surface area contributed by atoms with E-state index in [1.54, 1.807) is 30.4 Å². The molecule has 0 fully saturated rings. The Bertz CT molecular complexity index is 512. The number of alkyl halides is 3. The van der Waals surface area contributed by atoms with Crippen LogP contribution in [0.1, 0.15) is 22.8 Å². The highest BCUT2D eigenvalue weighted by molar-refractivity contribution is 5.97. The van der Waals surface area contributed by atoms with E-state index in [1.165, 1.54) is 6.92 Å². The Balaban J connectivity index is 2.63. The van der Waals surface area contributed by atoms with E-state index in [1.807, 2.05) is 0 Å². The smallest absolute Gasteiger partial charge is 0.405 e. The van der Waals surface area contributed by atoms with Crippen LogP contribution in [0.15, 0.2) is 18.2 Å². The van der Waals surface area contributed by atoms with Gasteiger partial charge in [-0.05, 0) is 31.5 Å². The maximum atomic E-state index is 11.9. The molecule has 1 amide bonds. The van der Waals surface area contributed by atoms with Crippen LogP contribution in [-0.2, 0) is 4.79 Å². The number of hydrogen-bond donors (Lipinski definition) is 1. The number of hydrogen-bond acceptors (Lipinski definition) is 3. The van der Waals surface area contributed by atoms with Crippen LogP contribution in [0.5, 0.6) is 5.75 Å². The zero-order chi connectivity index (χ0) is 15.3. The van der Waals surface area contributed by atoms with Gasteiger partial charge >= 0.3 is 6.18 Å². The summed E-state index contributed by atoms with van der Waals surface area (Å²) in [4.78, 5) is 22.6. The van der Waals surface area contributed by atoms with Gasteiger partial charge in [0.05, 0.1) is 5.56 Å². The minimum atomic E-state index is -4.47. The van der Waals surface area contributed by atoms with Crippen molar-refractivity contribution in [3.8, 4) is 5.75 Å². The monoisotopic (exact) mass is 289 g/mol. The number of carbonyl (C=O) groups excluding carboxylic acids is 2. The van der Waals surface area contributed by atoms with Gasteiger partial charge in [-0.2, -0.15) is 13.2 Å². The molecule has 1 aromatic rings. The zero-order valence-corrected chi connectivity index (χ0v) is 11.0. The van der Waals surface area contributed by atoms with Crippen molar-refractivity contribution in [2.75, 3.05) is 13.2 Å². The molecule has 1 rings (SSSR count). The average Bonchev–Trinajstić information content (AvgIpc) is 2.32. The van der Waals surface area contributed by atoms with E-state index >= 15 is 0 Å². The van der Waals surface area contributed by atoms with Crippen LogP contribution in [0.3, 0.4) is 0 Å². The average molecular weight is 289 g/mol. The van der Waals surface area contributed by atoms with Crippen LogP contribution >= 0.6 is 0 Å². The summed E-state index contributed by atoms with van der Waals surface area (Å²) in [5, 5.41) is 1.68. The molecule has 7 heteroatoms. The molecule has 4 nitrogen and oxygen atoms in total. The van der Waals surface area contributed by atoms with Crippen LogP contribution in [0.4, 0.5) is 13.2 Å². The third kappa shape index (κ3) is 5.29. The molecule has 0 bridgehead atoms. The SMILES string of the molecule is CC(=O)c1ccc(C)cc1OCC(=O)NCC(F)(F)F. The van der Waals surface area contributed by atoms with Gasteiger partial charge in [-0.3, -0.25) is 9.59 Å². The van der Waals surface area contributed by atoms with E-state index in [9.17, 15) is 22.8 Å². The zero-order valence-electron chi connectivity index (χ0n) is 11.0. The van der Waals surface area contributed by atoms with Gasteiger partial charge < -0.3 is 10.1 Å². The van der Waals surface area contributed by atoms with E-state index in [0.717, 1.165) is 5.56 Å². The fourth-order valence-electron chi connectivity index (χ4n) is 1.43. The first kappa shape index (κ1) is 16.0. The normalized spacial score (nSPS) is 11.1. The van der Waals surface area contributed by atoms with E-state index in [4.69, 9.17) is 4.74 Å². The summed E-state index contributed by atoms with van der Waals surface area (Å²) < 4.78 is 40.8. The first-order valence-corrected chi connectivity index (χ1v) is 5.77. The van der Waals surface area contributed by atoms with E-state index in [0.29, 0.717) is 0 Å². The van der Waals surface area contributed by atoms with E-state index < -0.39 is 25.2 Å². The second-order valence-corrected chi connectivity index (χ2v) is 4.24. The summed E-state index contributed by atoms with van der Waals surface area (Å²) >= 11 is 0. The Morgan fingerprint density at radius 3 is 2.50 bits per heavy atom. The van der Waals surface area contributed by atoms with Gasteiger partial charge in [-0.25, -0.2) is 0 Å². The first-order valence-electron chi connectivity index (χ1n) is 5.77. The Hall–Kier alpha value is -2.05. The van der Waals surface area contributed by atoms with Crippen molar-refractivity contribution in [3.05, 3.63) is 29.3 Å². The maximum Gasteiger partial charge on any atom is 0.405 e. The fourth-order valence-corrected chi connectivity index (χ4v) is 1.43. The van der Waals surface area contributed by atoms with Crippen LogP contribution in [-0.4, -0.2) is 31.0 Å². The number of ketones is 1. The molecule has 0 radical (unpaired) electrons. The Labute approximate surface area is 113 Å². The number of halogens is 3. The molecule has 0 heterocycles. The summed E-state index contributed by atoms with van der Waals surface area (Å²) in [6.45, 7) is 1.10. The van der Waals surface area contributed by atoms with Gasteiger partial charge in [0.25, 0.3) is 5.91 Å². The van der Waals surface area contributed by atoms with Crippen LogP contribution in [0.25, 0.3) is 0 Å². The van der Waals surface area contributed by atoms with Gasteiger partial charge in [0.2, 0.25) is 0 Å². The van der Waals surface area contributed by atoms with Crippen molar-refractivity contribution in [2.24, 2.45) is 0 Å². The molecular formula is C13H14F3NO3. The lowest BCUT2D eigenvalue weighted by Crippen LogP contribution is -2.36. The highest BCUT2D eigenvalue weighted by Crippen LogP contribution is 2.20. The fraction of sp³-hybridized carbons (Fsp3) is 0.385. The lowest BCUT2D eigenvalue weighted by Gasteiger charge is -2.12. The molecule has 0 atom stereocenters. The molecule has 0 aliphatic carbocycles. The largest absolute Gasteiger partial charge is 0.483 e. The Kier molecular flexibility index (Phi) is 5.12. The molecule has 1 aromatic carbocycles. The molecule has 0 aliphatic rings. The van der Waals surface area contributed by atoms with Gasteiger partial charge in [0, 0.05) is 0 Å². The van der Waals surface area contributed by atoms with E-state index in [-0.39, 0.29) is 17.1 Å².